The number of halogens is 1. The normalized spacial score (nSPS) is 12.1. The topological polar surface area (TPSA) is 84.5 Å². The molecule has 1 atom stereocenters. The maximum absolute atomic E-state index is 13.1. The zero-order valence-electron chi connectivity index (χ0n) is 16.4. The third kappa shape index (κ3) is 5.15. The molecule has 0 aliphatic heterocycles. The lowest BCUT2D eigenvalue weighted by molar-refractivity contribution is 0.0940. The first-order valence-corrected chi connectivity index (χ1v) is 10.6. The van der Waals surface area contributed by atoms with Gasteiger partial charge in [-0.1, -0.05) is 18.2 Å². The Hall–Kier alpha value is -3.39. The van der Waals surface area contributed by atoms with E-state index in [0.717, 1.165) is 5.56 Å². The van der Waals surface area contributed by atoms with Crippen LogP contribution in [0.4, 0.5) is 10.1 Å². The lowest BCUT2D eigenvalue weighted by atomic mass is 10.1. The third-order valence-corrected chi connectivity index (χ3v) is 5.86. The molecule has 0 saturated carbocycles. The van der Waals surface area contributed by atoms with Crippen molar-refractivity contribution in [2.24, 2.45) is 0 Å². The van der Waals surface area contributed by atoms with Crippen LogP contribution in [-0.2, 0) is 10.0 Å². The average Bonchev–Trinajstić information content (AvgIpc) is 2.74. The largest absolute Gasteiger partial charge is 0.497 e. The van der Waals surface area contributed by atoms with Gasteiger partial charge in [-0.25, -0.2) is 12.8 Å². The quantitative estimate of drug-likeness (QED) is 0.593. The van der Waals surface area contributed by atoms with Crippen molar-refractivity contribution in [3.8, 4) is 5.75 Å². The van der Waals surface area contributed by atoms with Crippen molar-refractivity contribution in [3.05, 3.63) is 89.7 Å². The molecule has 0 heterocycles. The van der Waals surface area contributed by atoms with Gasteiger partial charge in [-0.2, -0.15) is 0 Å². The van der Waals surface area contributed by atoms with Gasteiger partial charge >= 0.3 is 0 Å². The van der Waals surface area contributed by atoms with Crippen LogP contribution >= 0.6 is 0 Å². The number of methoxy groups -OCH3 is 1. The first kappa shape index (κ1) is 21.3. The van der Waals surface area contributed by atoms with Crippen LogP contribution < -0.4 is 14.8 Å². The van der Waals surface area contributed by atoms with E-state index in [0.29, 0.717) is 11.3 Å². The molecule has 0 aliphatic rings. The third-order valence-electron chi connectivity index (χ3n) is 4.46. The van der Waals surface area contributed by atoms with Crippen molar-refractivity contribution in [1.82, 2.24) is 5.32 Å². The van der Waals surface area contributed by atoms with Crippen molar-refractivity contribution < 1.29 is 22.3 Å². The van der Waals surface area contributed by atoms with Gasteiger partial charge in [0, 0.05) is 11.3 Å². The van der Waals surface area contributed by atoms with E-state index in [-0.39, 0.29) is 28.3 Å². The molecule has 0 aromatic heterocycles. The van der Waals surface area contributed by atoms with Crippen molar-refractivity contribution in [1.29, 1.82) is 0 Å². The number of benzene rings is 3. The molecule has 2 N–H and O–H groups in total. The fraction of sp³-hybridized carbons (Fsp3) is 0.136. The summed E-state index contributed by atoms with van der Waals surface area (Å²) >= 11 is 0. The van der Waals surface area contributed by atoms with E-state index in [1.54, 1.807) is 49.4 Å². The van der Waals surface area contributed by atoms with Gasteiger partial charge < -0.3 is 10.1 Å². The predicted octanol–water partition coefficient (Wildman–Crippen LogP) is 4.13. The second-order valence-corrected chi connectivity index (χ2v) is 8.29. The van der Waals surface area contributed by atoms with E-state index >= 15 is 0 Å². The van der Waals surface area contributed by atoms with Crippen LogP contribution in [-0.4, -0.2) is 21.4 Å². The van der Waals surface area contributed by atoms with Gasteiger partial charge in [0.05, 0.1) is 18.0 Å². The summed E-state index contributed by atoms with van der Waals surface area (Å²) in [7, 11) is -2.33. The molecule has 0 radical (unpaired) electrons. The van der Waals surface area contributed by atoms with Gasteiger partial charge in [-0.3, -0.25) is 9.52 Å². The van der Waals surface area contributed by atoms with Gasteiger partial charge in [-0.05, 0) is 67.1 Å². The Kier molecular flexibility index (Phi) is 6.37. The molecule has 0 bridgehead atoms. The number of anilines is 1. The molecule has 3 aromatic rings. The molecule has 3 aromatic carbocycles. The van der Waals surface area contributed by atoms with Crippen molar-refractivity contribution >= 4 is 21.6 Å². The SMILES string of the molecule is COc1ccc(S(=O)(=O)Nc2cccc(C(=O)N[C@@H](C)c3ccc(F)cc3)c2)cc1. The molecule has 3 rings (SSSR count). The molecule has 0 spiro atoms. The molecule has 0 fully saturated rings. The number of sulfonamides is 1. The molecule has 1 amide bonds. The number of hydrogen-bond acceptors (Lipinski definition) is 4. The van der Waals surface area contributed by atoms with Gasteiger partial charge in [0.25, 0.3) is 15.9 Å². The highest BCUT2D eigenvalue weighted by Gasteiger charge is 2.16. The first-order valence-electron chi connectivity index (χ1n) is 9.12. The smallest absolute Gasteiger partial charge is 0.261 e. The highest BCUT2D eigenvalue weighted by atomic mass is 32.2. The molecular weight excluding hydrogens is 407 g/mol. The molecule has 0 saturated heterocycles. The van der Waals surface area contributed by atoms with E-state index < -0.39 is 10.0 Å². The van der Waals surface area contributed by atoms with Gasteiger partial charge in [0.2, 0.25) is 0 Å². The number of rotatable bonds is 7. The maximum Gasteiger partial charge on any atom is 0.261 e. The maximum atomic E-state index is 13.1. The Balaban J connectivity index is 1.73. The molecule has 156 valence electrons. The molecular formula is C22H21FN2O4S. The van der Waals surface area contributed by atoms with Gasteiger partial charge in [0.1, 0.15) is 11.6 Å². The van der Waals surface area contributed by atoms with E-state index in [1.807, 2.05) is 0 Å². The highest BCUT2D eigenvalue weighted by molar-refractivity contribution is 7.92. The summed E-state index contributed by atoms with van der Waals surface area (Å²) < 4.78 is 45.7. The fourth-order valence-corrected chi connectivity index (χ4v) is 3.86. The number of ether oxygens (including phenoxy) is 1. The summed E-state index contributed by atoms with van der Waals surface area (Å²) in [5, 5.41) is 2.81. The summed E-state index contributed by atoms with van der Waals surface area (Å²) in [5.41, 5.74) is 1.30. The minimum Gasteiger partial charge on any atom is -0.497 e. The van der Waals surface area contributed by atoms with Crippen LogP contribution in [0.25, 0.3) is 0 Å². The van der Waals surface area contributed by atoms with Crippen LogP contribution in [0.1, 0.15) is 28.9 Å². The Bertz CT molecular complexity index is 1130. The highest BCUT2D eigenvalue weighted by Crippen LogP contribution is 2.20. The minimum absolute atomic E-state index is 0.0723. The summed E-state index contributed by atoms with van der Waals surface area (Å²) in [6.07, 6.45) is 0. The van der Waals surface area contributed by atoms with Crippen LogP contribution in [0, 0.1) is 5.82 Å². The second-order valence-electron chi connectivity index (χ2n) is 6.61. The summed E-state index contributed by atoms with van der Waals surface area (Å²) in [5.74, 6) is -0.186. The predicted molar refractivity (Wildman–Crippen MR) is 113 cm³/mol. The number of nitrogens with one attached hydrogen (secondary N) is 2. The summed E-state index contributed by atoms with van der Waals surface area (Å²) in [6, 6.07) is 17.6. The van der Waals surface area contributed by atoms with Gasteiger partial charge in [-0.15, -0.1) is 0 Å². The standard InChI is InChI=1S/C22H21FN2O4S/c1-15(16-6-8-18(23)9-7-16)24-22(26)17-4-3-5-19(14-17)25-30(27,28)21-12-10-20(29-2)11-13-21/h3-15,25H,1-2H3,(H,24,26)/t15-/m0/s1. The summed E-state index contributed by atoms with van der Waals surface area (Å²) in [6.45, 7) is 1.78. The van der Waals surface area contributed by atoms with Crippen LogP contribution in [0.15, 0.2) is 77.7 Å². The molecule has 0 aliphatic carbocycles. The van der Waals surface area contributed by atoms with E-state index in [4.69, 9.17) is 4.74 Å². The number of carbonyl (C=O) groups is 1. The van der Waals surface area contributed by atoms with E-state index in [1.165, 1.54) is 37.4 Å². The second kappa shape index (κ2) is 8.96. The Morgan fingerprint density at radius 2 is 1.67 bits per heavy atom. The molecule has 0 unspecified atom stereocenters. The van der Waals surface area contributed by atoms with Crippen LogP contribution in [0.5, 0.6) is 5.75 Å². The van der Waals surface area contributed by atoms with Gasteiger partial charge in [0.15, 0.2) is 0 Å². The fourth-order valence-electron chi connectivity index (χ4n) is 2.81. The van der Waals surface area contributed by atoms with Crippen molar-refractivity contribution in [2.45, 2.75) is 17.9 Å². The zero-order chi connectivity index (χ0) is 21.7. The number of hydrogen-bond donors (Lipinski definition) is 2. The molecule has 6 nitrogen and oxygen atoms in total. The lowest BCUT2D eigenvalue weighted by Crippen LogP contribution is -2.26. The molecule has 8 heteroatoms. The molecule has 30 heavy (non-hydrogen) atoms. The van der Waals surface area contributed by atoms with Crippen molar-refractivity contribution in [3.63, 3.8) is 0 Å². The Morgan fingerprint density at radius 1 is 1.00 bits per heavy atom. The Labute approximate surface area is 174 Å². The Morgan fingerprint density at radius 3 is 2.30 bits per heavy atom. The van der Waals surface area contributed by atoms with Crippen molar-refractivity contribution in [2.75, 3.05) is 11.8 Å². The van der Waals surface area contributed by atoms with E-state index in [2.05, 4.69) is 10.0 Å². The number of amides is 1. The minimum atomic E-state index is -3.82. The first-order chi connectivity index (χ1) is 14.3. The lowest BCUT2D eigenvalue weighted by Gasteiger charge is -2.15. The summed E-state index contributed by atoms with van der Waals surface area (Å²) in [4.78, 5) is 12.6. The number of carbonyl (C=O) groups excluding carboxylic acids is 1. The van der Waals surface area contributed by atoms with Crippen LogP contribution in [0.2, 0.25) is 0 Å². The monoisotopic (exact) mass is 428 g/mol. The zero-order valence-corrected chi connectivity index (χ0v) is 17.2. The average molecular weight is 428 g/mol. The van der Waals surface area contributed by atoms with Crippen LogP contribution in [0.3, 0.4) is 0 Å². The van der Waals surface area contributed by atoms with E-state index in [9.17, 15) is 17.6 Å².